The normalized spacial score (nSPS) is 14.8. The predicted molar refractivity (Wildman–Crippen MR) is 80.0 cm³/mol. The molecule has 1 rings (SSSR count). The summed E-state index contributed by atoms with van der Waals surface area (Å²) in [4.78, 5) is 11.7. The summed E-state index contributed by atoms with van der Waals surface area (Å²) in [5, 5.41) is 2.97. The number of carbonyl (C=O) groups excluding carboxylic acids is 1. The molecular formula is C16H26N2O. The van der Waals surface area contributed by atoms with Crippen LogP contribution in [0, 0.1) is 0 Å². The number of nitrogens with two attached hydrogens (primary N) is 1. The van der Waals surface area contributed by atoms with Gasteiger partial charge in [-0.3, -0.25) is 4.79 Å². The van der Waals surface area contributed by atoms with E-state index < -0.39 is 0 Å². The monoisotopic (exact) mass is 262 g/mol. The van der Waals surface area contributed by atoms with Crippen LogP contribution >= 0.6 is 0 Å². The molecule has 3 N–H and O–H groups in total. The highest BCUT2D eigenvalue weighted by Crippen LogP contribution is 2.23. The average Bonchev–Trinajstić information content (AvgIpc) is 2.26. The van der Waals surface area contributed by atoms with Crippen LogP contribution in [0.25, 0.3) is 0 Å². The van der Waals surface area contributed by atoms with Crippen molar-refractivity contribution in [2.45, 2.75) is 58.5 Å². The number of hydrogen-bond acceptors (Lipinski definition) is 2. The first-order valence-corrected chi connectivity index (χ1v) is 6.85. The molecule has 1 aromatic carbocycles. The highest BCUT2D eigenvalue weighted by molar-refractivity contribution is 5.76. The predicted octanol–water partition coefficient (Wildman–Crippen LogP) is 2.90. The van der Waals surface area contributed by atoms with Crippen LogP contribution in [0.1, 0.15) is 58.2 Å². The van der Waals surface area contributed by atoms with E-state index >= 15 is 0 Å². The number of hydrogen-bond donors (Lipinski definition) is 2. The van der Waals surface area contributed by atoms with Crippen molar-refractivity contribution < 1.29 is 4.79 Å². The molecule has 0 spiro atoms. The van der Waals surface area contributed by atoms with Gasteiger partial charge >= 0.3 is 0 Å². The first-order chi connectivity index (χ1) is 8.70. The summed E-state index contributed by atoms with van der Waals surface area (Å²) in [6.45, 7) is 10.4. The molecule has 3 heteroatoms. The first-order valence-electron chi connectivity index (χ1n) is 6.85. The van der Waals surface area contributed by atoms with Gasteiger partial charge in [-0.2, -0.15) is 0 Å². The quantitative estimate of drug-likeness (QED) is 0.876. The minimum Gasteiger partial charge on any atom is -0.350 e. The van der Waals surface area contributed by atoms with E-state index in [1.54, 1.807) is 0 Å². The third-order valence-electron chi connectivity index (χ3n) is 3.16. The van der Waals surface area contributed by atoms with Crippen LogP contribution in [0.4, 0.5) is 0 Å². The van der Waals surface area contributed by atoms with Gasteiger partial charge in [-0.15, -0.1) is 0 Å². The van der Waals surface area contributed by atoms with Gasteiger partial charge < -0.3 is 11.1 Å². The summed E-state index contributed by atoms with van der Waals surface area (Å²) < 4.78 is 0. The topological polar surface area (TPSA) is 55.1 Å². The van der Waals surface area contributed by atoms with Gasteiger partial charge in [-0.1, -0.05) is 45.0 Å². The second-order valence-corrected chi connectivity index (χ2v) is 6.34. The highest BCUT2D eigenvalue weighted by atomic mass is 16.1. The smallest absolute Gasteiger partial charge is 0.222 e. The second-order valence-electron chi connectivity index (χ2n) is 6.34. The molecule has 3 nitrogen and oxygen atoms in total. The zero-order valence-corrected chi connectivity index (χ0v) is 12.7. The minimum atomic E-state index is -0.101. The highest BCUT2D eigenvalue weighted by Gasteiger charge is 2.15. The lowest BCUT2D eigenvalue weighted by atomic mass is 9.86. The fourth-order valence-electron chi connectivity index (χ4n) is 1.95. The van der Waals surface area contributed by atoms with E-state index in [2.05, 4.69) is 50.4 Å². The van der Waals surface area contributed by atoms with E-state index in [1.165, 1.54) is 5.56 Å². The van der Waals surface area contributed by atoms with Gasteiger partial charge in [0.2, 0.25) is 5.91 Å². The summed E-state index contributed by atoms with van der Waals surface area (Å²) >= 11 is 0. The van der Waals surface area contributed by atoms with Gasteiger partial charge in [-0.05, 0) is 30.4 Å². The maximum Gasteiger partial charge on any atom is 0.222 e. The van der Waals surface area contributed by atoms with Gasteiger partial charge in [0.25, 0.3) is 0 Å². The lowest BCUT2D eigenvalue weighted by Crippen LogP contribution is -2.31. The average molecular weight is 262 g/mol. The summed E-state index contributed by atoms with van der Waals surface area (Å²) in [6, 6.07) is 8.33. The Labute approximate surface area is 116 Å². The van der Waals surface area contributed by atoms with E-state index in [1.807, 2.05) is 13.8 Å². The summed E-state index contributed by atoms with van der Waals surface area (Å²) in [5.74, 6) is 0.00222. The molecule has 0 saturated carbocycles. The molecular weight excluding hydrogens is 236 g/mol. The summed E-state index contributed by atoms with van der Waals surface area (Å²) in [6.07, 6.45) is 0.365. The SMILES string of the molecule is CC(N)CC(=O)NC(C)c1ccc(C(C)(C)C)cc1. The first kappa shape index (κ1) is 15.7. The van der Waals surface area contributed by atoms with Gasteiger partial charge in [0.1, 0.15) is 0 Å². The fourth-order valence-corrected chi connectivity index (χ4v) is 1.95. The van der Waals surface area contributed by atoms with Gasteiger partial charge in [0.05, 0.1) is 6.04 Å². The molecule has 2 atom stereocenters. The van der Waals surface area contributed by atoms with Gasteiger partial charge in [0.15, 0.2) is 0 Å². The molecule has 0 aromatic heterocycles. The molecule has 1 aromatic rings. The zero-order chi connectivity index (χ0) is 14.6. The Morgan fingerprint density at radius 2 is 1.74 bits per heavy atom. The molecule has 0 aliphatic rings. The molecule has 0 fully saturated rings. The van der Waals surface area contributed by atoms with Gasteiger partial charge in [-0.25, -0.2) is 0 Å². The largest absolute Gasteiger partial charge is 0.350 e. The van der Waals surface area contributed by atoms with Crippen molar-refractivity contribution in [1.29, 1.82) is 0 Å². The van der Waals surface area contributed by atoms with Crippen molar-refractivity contribution in [1.82, 2.24) is 5.32 Å². The number of amides is 1. The minimum absolute atomic E-state index is 0.00222. The van der Waals surface area contributed by atoms with Crippen molar-refractivity contribution in [2.75, 3.05) is 0 Å². The van der Waals surface area contributed by atoms with Crippen LogP contribution in [0.2, 0.25) is 0 Å². The van der Waals surface area contributed by atoms with E-state index in [9.17, 15) is 4.79 Å². The maximum atomic E-state index is 11.7. The van der Waals surface area contributed by atoms with Gasteiger partial charge in [0, 0.05) is 12.5 Å². The number of rotatable bonds is 4. The van der Waals surface area contributed by atoms with E-state index in [0.29, 0.717) is 6.42 Å². The van der Waals surface area contributed by atoms with E-state index in [4.69, 9.17) is 5.73 Å². The van der Waals surface area contributed by atoms with Crippen LogP contribution < -0.4 is 11.1 Å². The molecule has 106 valence electrons. The second kappa shape index (κ2) is 6.20. The van der Waals surface area contributed by atoms with Crippen LogP contribution in [-0.2, 0) is 10.2 Å². The van der Waals surface area contributed by atoms with Crippen molar-refractivity contribution in [2.24, 2.45) is 5.73 Å². The standard InChI is InChI=1S/C16H26N2O/c1-11(17)10-15(19)18-12(2)13-6-8-14(9-7-13)16(3,4)5/h6-9,11-12H,10,17H2,1-5H3,(H,18,19). The number of carbonyl (C=O) groups is 1. The Kier molecular flexibility index (Phi) is 5.12. The Morgan fingerprint density at radius 1 is 1.21 bits per heavy atom. The molecule has 2 unspecified atom stereocenters. The fraction of sp³-hybridized carbons (Fsp3) is 0.562. The molecule has 0 aliphatic heterocycles. The summed E-state index contributed by atoms with van der Waals surface area (Å²) in [7, 11) is 0. The molecule has 1 amide bonds. The zero-order valence-electron chi connectivity index (χ0n) is 12.7. The molecule has 0 heterocycles. The number of nitrogens with one attached hydrogen (secondary N) is 1. The van der Waals surface area contributed by atoms with Crippen molar-refractivity contribution in [3.63, 3.8) is 0 Å². The molecule has 0 radical (unpaired) electrons. The molecule has 0 aliphatic carbocycles. The van der Waals surface area contributed by atoms with Crippen LogP contribution in [0.5, 0.6) is 0 Å². The third kappa shape index (κ3) is 5.03. The molecule has 0 saturated heterocycles. The van der Waals surface area contributed by atoms with Crippen molar-refractivity contribution >= 4 is 5.91 Å². The Hall–Kier alpha value is -1.35. The molecule has 0 bridgehead atoms. The van der Waals surface area contributed by atoms with Crippen LogP contribution in [0.3, 0.4) is 0 Å². The van der Waals surface area contributed by atoms with Crippen molar-refractivity contribution in [3.8, 4) is 0 Å². The Balaban J connectivity index is 2.68. The van der Waals surface area contributed by atoms with Crippen LogP contribution in [0.15, 0.2) is 24.3 Å². The number of benzene rings is 1. The van der Waals surface area contributed by atoms with E-state index in [0.717, 1.165) is 5.56 Å². The maximum absolute atomic E-state index is 11.7. The van der Waals surface area contributed by atoms with E-state index in [-0.39, 0.29) is 23.4 Å². The van der Waals surface area contributed by atoms with Crippen LogP contribution in [-0.4, -0.2) is 11.9 Å². The van der Waals surface area contributed by atoms with Crippen molar-refractivity contribution in [3.05, 3.63) is 35.4 Å². The Morgan fingerprint density at radius 3 is 2.16 bits per heavy atom. The lowest BCUT2D eigenvalue weighted by Gasteiger charge is -2.21. The third-order valence-corrected chi connectivity index (χ3v) is 3.16. The lowest BCUT2D eigenvalue weighted by molar-refractivity contribution is -0.122. The summed E-state index contributed by atoms with van der Waals surface area (Å²) in [5.41, 5.74) is 8.18. The Bertz CT molecular complexity index is 415. The molecule has 19 heavy (non-hydrogen) atoms.